The predicted octanol–water partition coefficient (Wildman–Crippen LogP) is 1.74. The number of ether oxygens (including phenoxy) is 2. The van der Waals surface area contributed by atoms with Gasteiger partial charge in [-0.05, 0) is 57.6 Å². The Bertz CT molecular complexity index is 1260. The Labute approximate surface area is 281 Å². The molecule has 0 radical (unpaired) electrons. The van der Waals surface area contributed by atoms with Gasteiger partial charge in [0.2, 0.25) is 5.91 Å². The van der Waals surface area contributed by atoms with E-state index in [9.17, 15) is 19.2 Å². The van der Waals surface area contributed by atoms with Crippen LogP contribution in [0.2, 0.25) is 0 Å². The maximum Gasteiger partial charge on any atom is 0.320 e. The summed E-state index contributed by atoms with van der Waals surface area (Å²) >= 11 is 0. The van der Waals surface area contributed by atoms with Crippen molar-refractivity contribution >= 4 is 23.7 Å². The second kappa shape index (κ2) is 14.3. The van der Waals surface area contributed by atoms with Gasteiger partial charge in [0.25, 0.3) is 0 Å². The molecule has 5 heterocycles. The molecule has 13 atom stereocenters. The van der Waals surface area contributed by atoms with E-state index in [1.54, 1.807) is 9.80 Å². The minimum absolute atomic E-state index is 0.0146. The molecule has 268 valence electrons. The molecule has 5 aliphatic heterocycles. The van der Waals surface area contributed by atoms with E-state index in [2.05, 4.69) is 27.4 Å². The average Bonchev–Trinajstić information content (AvgIpc) is 3.05. The number of piperidine rings is 2. The molecule has 0 aromatic carbocycles. The van der Waals surface area contributed by atoms with Crippen LogP contribution in [0.25, 0.3) is 0 Å². The standard InChI is InChI=1S/C34H52F2N6O6/c1-6-26(45)40-12-13-41(18(4)15-40)32-21-14-23(36)29-27-22(35)8-7-9-25(27)47-16-24(44)31(48-19(5)43)20-10-11-37-28(17(2)3)30(20)42(33(21)38-29)34(46)39-32/h6,17-18,20-23,25,27-33,37-38H,1,7-16H2,2-5H3,(H,39,46)/t18-,20?,21?,22?,23?,25?,27?,28?,29?,30?,31?,32?,33?/m0/s1. The van der Waals surface area contributed by atoms with Gasteiger partial charge in [-0.15, -0.1) is 0 Å². The molecule has 1 saturated carbocycles. The Balaban J connectivity index is 1.44. The van der Waals surface area contributed by atoms with Gasteiger partial charge in [-0.1, -0.05) is 20.4 Å². The third kappa shape index (κ3) is 6.49. The quantitative estimate of drug-likeness (QED) is 0.301. The third-order valence-corrected chi connectivity index (χ3v) is 11.8. The number of carbonyl (C=O) groups is 4. The summed E-state index contributed by atoms with van der Waals surface area (Å²) in [6, 6.07) is -2.37. The van der Waals surface area contributed by atoms with Crippen LogP contribution in [0.5, 0.6) is 0 Å². The number of halogens is 2. The van der Waals surface area contributed by atoms with E-state index in [0.717, 1.165) is 0 Å². The number of nitrogens with zero attached hydrogens (tertiary/aromatic N) is 3. The SMILES string of the molecule is C=CC(=O)N1CCN(C2NC(=O)N3C4NC(C(F)CC42)C2C(F)CCCC2OCC(=O)C(OC(C)=O)C2CCNC(C(C)C)C23)[C@@H](C)C1. The highest BCUT2D eigenvalue weighted by molar-refractivity contribution is 5.87. The summed E-state index contributed by atoms with van der Waals surface area (Å²) in [6.07, 6.45) is -2.88. The summed E-state index contributed by atoms with van der Waals surface area (Å²) < 4.78 is 44.5. The Morgan fingerprint density at radius 1 is 1.08 bits per heavy atom. The van der Waals surface area contributed by atoms with Crippen LogP contribution in [-0.4, -0.2) is 132 Å². The fourth-order valence-corrected chi connectivity index (χ4v) is 9.64. The van der Waals surface area contributed by atoms with Crippen molar-refractivity contribution in [3.05, 3.63) is 12.7 Å². The molecular formula is C34H52F2N6O6. The van der Waals surface area contributed by atoms with E-state index < -0.39 is 85.1 Å². The lowest BCUT2D eigenvalue weighted by Gasteiger charge is -2.60. The minimum Gasteiger partial charge on any atom is -0.454 e. The zero-order chi connectivity index (χ0) is 34.4. The van der Waals surface area contributed by atoms with E-state index in [1.165, 1.54) is 13.0 Å². The van der Waals surface area contributed by atoms with Gasteiger partial charge in [-0.3, -0.25) is 24.6 Å². The van der Waals surface area contributed by atoms with Gasteiger partial charge in [0, 0.05) is 62.4 Å². The summed E-state index contributed by atoms with van der Waals surface area (Å²) in [5.74, 6) is -3.09. The van der Waals surface area contributed by atoms with Crippen LogP contribution in [-0.2, 0) is 23.9 Å². The number of alkyl halides is 2. The maximum absolute atomic E-state index is 16.7. The van der Waals surface area contributed by atoms with Crippen molar-refractivity contribution in [2.75, 3.05) is 32.8 Å². The molecule has 1 aliphatic carbocycles. The molecule has 12 nitrogen and oxygen atoms in total. The smallest absolute Gasteiger partial charge is 0.320 e. The van der Waals surface area contributed by atoms with E-state index in [0.29, 0.717) is 45.4 Å². The van der Waals surface area contributed by atoms with Gasteiger partial charge < -0.3 is 29.9 Å². The van der Waals surface area contributed by atoms with Gasteiger partial charge in [0.1, 0.15) is 19.0 Å². The normalized spacial score (nSPS) is 42.4. The Morgan fingerprint density at radius 3 is 2.54 bits per heavy atom. The molecule has 0 spiro atoms. The van der Waals surface area contributed by atoms with E-state index in [4.69, 9.17) is 9.47 Å². The highest BCUT2D eigenvalue weighted by Crippen LogP contribution is 2.43. The number of hydrogen-bond donors (Lipinski definition) is 3. The van der Waals surface area contributed by atoms with Crippen LogP contribution in [0.15, 0.2) is 12.7 Å². The van der Waals surface area contributed by atoms with Gasteiger partial charge in [0.15, 0.2) is 11.9 Å². The molecule has 3 N–H and O–H groups in total. The summed E-state index contributed by atoms with van der Waals surface area (Å²) in [7, 11) is 0. The number of urea groups is 1. The largest absolute Gasteiger partial charge is 0.454 e. The van der Waals surface area contributed by atoms with Gasteiger partial charge >= 0.3 is 12.0 Å². The molecule has 48 heavy (non-hydrogen) atoms. The highest BCUT2D eigenvalue weighted by Gasteiger charge is 2.59. The van der Waals surface area contributed by atoms with Crippen LogP contribution in [0.1, 0.15) is 59.8 Å². The summed E-state index contributed by atoms with van der Waals surface area (Å²) in [5, 5.41) is 10.3. The first kappa shape index (κ1) is 35.2. The first-order valence-corrected chi connectivity index (χ1v) is 17.8. The molecule has 6 fully saturated rings. The number of amides is 3. The fourth-order valence-electron chi connectivity index (χ4n) is 9.64. The molecular weight excluding hydrogens is 626 g/mol. The highest BCUT2D eigenvalue weighted by atomic mass is 19.1. The number of hydrogen-bond acceptors (Lipinski definition) is 9. The zero-order valence-corrected chi connectivity index (χ0v) is 28.5. The number of nitrogens with one attached hydrogen (secondary N) is 3. The lowest BCUT2D eigenvalue weighted by molar-refractivity contribution is -0.169. The molecule has 3 amide bonds. The first-order valence-electron chi connectivity index (χ1n) is 17.8. The summed E-state index contributed by atoms with van der Waals surface area (Å²) in [4.78, 5) is 59.0. The second-order valence-corrected chi connectivity index (χ2v) is 15.0. The molecule has 5 saturated heterocycles. The number of ketones is 1. The van der Waals surface area contributed by atoms with Crippen molar-refractivity contribution in [3.8, 4) is 0 Å². The van der Waals surface area contributed by atoms with Crippen molar-refractivity contribution in [3.63, 3.8) is 0 Å². The van der Waals surface area contributed by atoms with Crippen LogP contribution < -0.4 is 16.0 Å². The number of carbonyl (C=O) groups excluding carboxylic acids is 4. The molecule has 0 aromatic rings. The summed E-state index contributed by atoms with van der Waals surface area (Å²) in [6.45, 7) is 12.4. The third-order valence-electron chi connectivity index (χ3n) is 11.8. The second-order valence-electron chi connectivity index (χ2n) is 15.0. The number of esters is 1. The monoisotopic (exact) mass is 678 g/mol. The number of Topliss-reactive ketones (excluding diaryl/α,β-unsaturated/α-hetero) is 1. The average molecular weight is 679 g/mol. The Morgan fingerprint density at radius 2 is 1.85 bits per heavy atom. The Hall–Kier alpha value is -2.68. The number of rotatable bonds is 4. The lowest BCUT2D eigenvalue weighted by atomic mass is 9.71. The maximum atomic E-state index is 16.7. The zero-order valence-electron chi connectivity index (χ0n) is 28.5. The molecule has 6 rings (SSSR count). The van der Waals surface area contributed by atoms with Gasteiger partial charge in [-0.2, -0.15) is 0 Å². The van der Waals surface area contributed by atoms with Crippen molar-refractivity contribution in [2.24, 2.45) is 23.7 Å². The summed E-state index contributed by atoms with van der Waals surface area (Å²) in [5.41, 5.74) is 0. The van der Waals surface area contributed by atoms with E-state index in [-0.39, 0.29) is 42.8 Å². The molecule has 14 heteroatoms. The number of fused-ring (bicyclic) bond motifs is 5. The van der Waals surface area contributed by atoms with Crippen LogP contribution in [0.4, 0.5) is 13.6 Å². The molecule has 12 unspecified atom stereocenters. The van der Waals surface area contributed by atoms with E-state index in [1.807, 2.05) is 20.8 Å². The topological polar surface area (TPSA) is 133 Å². The lowest BCUT2D eigenvalue weighted by Crippen LogP contribution is -2.80. The van der Waals surface area contributed by atoms with Gasteiger partial charge in [0.05, 0.1) is 24.5 Å². The Kier molecular flexibility index (Phi) is 10.5. The van der Waals surface area contributed by atoms with Crippen LogP contribution >= 0.6 is 0 Å². The fraction of sp³-hybridized carbons (Fsp3) is 0.824. The van der Waals surface area contributed by atoms with Crippen molar-refractivity contribution in [1.29, 1.82) is 0 Å². The first-order chi connectivity index (χ1) is 22.9. The van der Waals surface area contributed by atoms with Crippen molar-refractivity contribution < 1.29 is 37.4 Å². The number of piperazine rings is 1. The molecule has 0 aromatic heterocycles. The van der Waals surface area contributed by atoms with Crippen molar-refractivity contribution in [1.82, 2.24) is 30.7 Å². The van der Waals surface area contributed by atoms with Gasteiger partial charge in [-0.25, -0.2) is 13.6 Å². The van der Waals surface area contributed by atoms with Crippen LogP contribution in [0, 0.1) is 23.7 Å². The molecule has 2 bridgehead atoms. The predicted molar refractivity (Wildman–Crippen MR) is 172 cm³/mol. The van der Waals surface area contributed by atoms with Crippen molar-refractivity contribution in [2.45, 2.75) is 121 Å². The molecule has 6 aliphatic rings. The minimum atomic E-state index is -1.44. The van der Waals surface area contributed by atoms with E-state index >= 15 is 8.78 Å². The van der Waals surface area contributed by atoms with Crippen LogP contribution in [0.3, 0.4) is 0 Å².